The second-order valence-electron chi connectivity index (χ2n) is 4.82. The van der Waals surface area contributed by atoms with Crippen LogP contribution in [0.2, 0.25) is 0 Å². The Morgan fingerprint density at radius 2 is 1.59 bits per heavy atom. The first-order chi connectivity index (χ1) is 9.79. The number of halogens is 4. The normalized spacial score (nSPS) is 12.4. The molecular formula is C16H15ClF3NO. The lowest BCUT2D eigenvalue weighted by molar-refractivity contribution is -0.137. The number of carbonyl (C=O) groups excluding carboxylic acids is 1. The molecule has 2 aromatic rings. The number of hydrogen-bond acceptors (Lipinski definition) is 2. The van der Waals surface area contributed by atoms with Crippen LogP contribution in [0, 0.1) is 0 Å². The van der Waals surface area contributed by atoms with Crippen molar-refractivity contribution in [2.75, 3.05) is 0 Å². The highest BCUT2D eigenvalue weighted by Crippen LogP contribution is 2.30. The van der Waals surface area contributed by atoms with E-state index in [9.17, 15) is 18.0 Å². The van der Waals surface area contributed by atoms with Gasteiger partial charge in [0.2, 0.25) is 0 Å². The first kappa shape index (κ1) is 18.2. The van der Waals surface area contributed by atoms with Crippen molar-refractivity contribution in [1.29, 1.82) is 0 Å². The van der Waals surface area contributed by atoms with Crippen LogP contribution in [0.3, 0.4) is 0 Å². The van der Waals surface area contributed by atoms with Gasteiger partial charge in [0.15, 0.2) is 5.78 Å². The summed E-state index contributed by atoms with van der Waals surface area (Å²) in [6, 6.07) is 10.8. The summed E-state index contributed by atoms with van der Waals surface area (Å²) >= 11 is 0. The summed E-state index contributed by atoms with van der Waals surface area (Å²) in [6.07, 6.45) is -4.47. The summed E-state index contributed by atoms with van der Waals surface area (Å²) < 4.78 is 38.0. The summed E-state index contributed by atoms with van der Waals surface area (Å²) in [5.74, 6) is -0.455. The first-order valence-electron chi connectivity index (χ1n) is 6.36. The number of alkyl halides is 3. The molecule has 2 N–H and O–H groups in total. The lowest BCUT2D eigenvalue weighted by atomic mass is 9.98. The molecule has 2 aromatic carbocycles. The van der Waals surface area contributed by atoms with E-state index in [0.717, 1.165) is 17.7 Å². The van der Waals surface area contributed by atoms with Gasteiger partial charge in [-0.15, -0.1) is 12.4 Å². The van der Waals surface area contributed by atoms with Crippen molar-refractivity contribution < 1.29 is 18.0 Å². The van der Waals surface area contributed by atoms with Crippen molar-refractivity contribution in [1.82, 2.24) is 0 Å². The predicted octanol–water partition coefficient (Wildman–Crippen LogP) is 4.38. The largest absolute Gasteiger partial charge is 0.416 e. The van der Waals surface area contributed by atoms with Gasteiger partial charge in [-0.1, -0.05) is 30.3 Å². The summed E-state index contributed by atoms with van der Waals surface area (Å²) in [5.41, 5.74) is 5.99. The number of carbonyl (C=O) groups is 1. The summed E-state index contributed by atoms with van der Waals surface area (Å²) in [7, 11) is 0. The molecule has 0 fully saturated rings. The molecule has 2 rings (SSSR count). The Morgan fingerprint density at radius 3 is 2.14 bits per heavy atom. The number of hydrogen-bond donors (Lipinski definition) is 1. The summed E-state index contributed by atoms with van der Waals surface area (Å²) in [6.45, 7) is 1.77. The lowest BCUT2D eigenvalue weighted by Gasteiger charge is -2.10. The minimum absolute atomic E-state index is 0. The van der Waals surface area contributed by atoms with Crippen molar-refractivity contribution >= 4 is 18.2 Å². The predicted molar refractivity (Wildman–Crippen MR) is 81.2 cm³/mol. The zero-order valence-corrected chi connectivity index (χ0v) is 12.5. The maximum absolute atomic E-state index is 12.7. The molecule has 2 nitrogen and oxygen atoms in total. The third-order valence-corrected chi connectivity index (χ3v) is 3.13. The van der Waals surface area contributed by atoms with Crippen LogP contribution in [0.1, 0.15) is 40.0 Å². The van der Waals surface area contributed by atoms with E-state index < -0.39 is 17.5 Å². The highest BCUT2D eigenvalue weighted by Gasteiger charge is 2.30. The molecule has 22 heavy (non-hydrogen) atoms. The second kappa shape index (κ2) is 6.94. The van der Waals surface area contributed by atoms with E-state index in [1.165, 1.54) is 12.1 Å². The Kier molecular flexibility index (Phi) is 5.74. The molecule has 118 valence electrons. The maximum Gasteiger partial charge on any atom is 0.416 e. The van der Waals surface area contributed by atoms with Gasteiger partial charge in [0.05, 0.1) is 5.56 Å². The smallest absolute Gasteiger partial charge is 0.324 e. The van der Waals surface area contributed by atoms with Crippen LogP contribution >= 0.6 is 12.4 Å². The van der Waals surface area contributed by atoms with E-state index >= 15 is 0 Å². The molecule has 0 bridgehead atoms. The quantitative estimate of drug-likeness (QED) is 0.849. The Labute approximate surface area is 132 Å². The summed E-state index contributed by atoms with van der Waals surface area (Å²) in [5, 5.41) is 0. The van der Waals surface area contributed by atoms with Gasteiger partial charge in [0.25, 0.3) is 0 Å². The third kappa shape index (κ3) is 4.08. The molecular weight excluding hydrogens is 315 g/mol. The van der Waals surface area contributed by atoms with E-state index in [1.807, 2.05) is 0 Å². The number of ketones is 1. The number of rotatable bonds is 3. The summed E-state index contributed by atoms with van der Waals surface area (Å²) in [4.78, 5) is 12.3. The zero-order chi connectivity index (χ0) is 15.6. The molecule has 0 saturated heterocycles. The van der Waals surface area contributed by atoms with Crippen LogP contribution < -0.4 is 5.73 Å². The van der Waals surface area contributed by atoms with Crippen molar-refractivity contribution in [3.05, 3.63) is 70.8 Å². The molecule has 1 atom stereocenters. The van der Waals surface area contributed by atoms with Crippen LogP contribution in [0.25, 0.3) is 0 Å². The fourth-order valence-corrected chi connectivity index (χ4v) is 1.97. The van der Waals surface area contributed by atoms with Crippen LogP contribution in [0.15, 0.2) is 48.5 Å². The molecule has 0 aliphatic heterocycles. The van der Waals surface area contributed by atoms with Crippen LogP contribution in [-0.2, 0) is 6.18 Å². The topological polar surface area (TPSA) is 43.1 Å². The second-order valence-corrected chi connectivity index (χ2v) is 4.82. The Balaban J connectivity index is 0.00000242. The fraction of sp³-hybridized carbons (Fsp3) is 0.188. The molecule has 0 saturated carbocycles. The minimum Gasteiger partial charge on any atom is -0.324 e. The zero-order valence-electron chi connectivity index (χ0n) is 11.7. The molecule has 0 spiro atoms. The molecule has 0 aliphatic rings. The van der Waals surface area contributed by atoms with E-state index in [4.69, 9.17) is 5.73 Å². The van der Waals surface area contributed by atoms with E-state index in [2.05, 4.69) is 0 Å². The Hall–Kier alpha value is -1.85. The fourth-order valence-electron chi connectivity index (χ4n) is 1.97. The minimum atomic E-state index is -4.47. The highest BCUT2D eigenvalue weighted by atomic mass is 35.5. The average molecular weight is 330 g/mol. The first-order valence-corrected chi connectivity index (χ1v) is 6.36. The van der Waals surface area contributed by atoms with Crippen molar-refractivity contribution in [3.8, 4) is 0 Å². The van der Waals surface area contributed by atoms with Gasteiger partial charge >= 0.3 is 6.18 Å². The standard InChI is InChI=1S/C16H14F3NO.ClH/c1-10(20)11-4-2-5-12(8-11)15(21)13-6-3-7-14(9-13)16(17,18)19;/h2-10H,20H2,1H3;1H/t10-;/m0./s1. The Morgan fingerprint density at radius 1 is 1.05 bits per heavy atom. The van der Waals surface area contributed by atoms with Gasteiger partial charge in [-0.2, -0.15) is 13.2 Å². The van der Waals surface area contributed by atoms with E-state index in [-0.39, 0.29) is 24.0 Å². The van der Waals surface area contributed by atoms with Crippen molar-refractivity contribution in [3.63, 3.8) is 0 Å². The van der Waals surface area contributed by atoms with Gasteiger partial charge in [0, 0.05) is 17.2 Å². The molecule has 0 amide bonds. The maximum atomic E-state index is 12.7. The van der Waals surface area contributed by atoms with Gasteiger partial charge in [0.1, 0.15) is 0 Å². The van der Waals surface area contributed by atoms with Crippen molar-refractivity contribution in [2.24, 2.45) is 5.73 Å². The van der Waals surface area contributed by atoms with Gasteiger partial charge < -0.3 is 5.73 Å². The molecule has 0 heterocycles. The SMILES string of the molecule is C[C@H](N)c1cccc(C(=O)c2cccc(C(F)(F)F)c2)c1.Cl. The number of benzene rings is 2. The van der Waals surface area contributed by atoms with Crippen LogP contribution in [0.4, 0.5) is 13.2 Å². The average Bonchev–Trinajstić information content (AvgIpc) is 2.46. The lowest BCUT2D eigenvalue weighted by Crippen LogP contribution is -2.09. The Bertz CT molecular complexity index is 668. The van der Waals surface area contributed by atoms with Crippen LogP contribution in [-0.4, -0.2) is 5.78 Å². The van der Waals surface area contributed by atoms with Gasteiger partial charge in [-0.05, 0) is 30.7 Å². The molecule has 0 aliphatic carbocycles. The number of nitrogens with two attached hydrogens (primary N) is 1. The molecule has 0 unspecified atom stereocenters. The molecule has 0 radical (unpaired) electrons. The monoisotopic (exact) mass is 329 g/mol. The highest BCUT2D eigenvalue weighted by molar-refractivity contribution is 6.09. The molecule has 6 heteroatoms. The van der Waals surface area contributed by atoms with Gasteiger partial charge in [-0.25, -0.2) is 0 Å². The van der Waals surface area contributed by atoms with E-state index in [0.29, 0.717) is 5.56 Å². The third-order valence-electron chi connectivity index (χ3n) is 3.13. The van der Waals surface area contributed by atoms with E-state index in [1.54, 1.807) is 31.2 Å². The van der Waals surface area contributed by atoms with Crippen molar-refractivity contribution in [2.45, 2.75) is 19.1 Å². The van der Waals surface area contributed by atoms with Gasteiger partial charge in [-0.3, -0.25) is 4.79 Å². The molecule has 0 aromatic heterocycles. The van der Waals surface area contributed by atoms with Crippen LogP contribution in [0.5, 0.6) is 0 Å².